The molecular formula is C27H32N6O4S. The molecule has 3 rings (SSSR count). The number of guanidine groups is 1. The minimum Gasteiger partial charge on any atom is -0.370 e. The first-order chi connectivity index (χ1) is 18.1. The number of primary amides is 1. The summed E-state index contributed by atoms with van der Waals surface area (Å²) in [7, 11) is -3.89. The molecular weight excluding hydrogens is 504 g/mol. The molecule has 0 aliphatic carbocycles. The second-order valence-electron chi connectivity index (χ2n) is 8.81. The van der Waals surface area contributed by atoms with Gasteiger partial charge in [0.1, 0.15) is 6.04 Å². The smallest absolute Gasteiger partial charge is 0.240 e. The summed E-state index contributed by atoms with van der Waals surface area (Å²) >= 11 is 0. The minimum atomic E-state index is -3.89. The van der Waals surface area contributed by atoms with Crippen molar-refractivity contribution in [2.75, 3.05) is 6.54 Å². The Hall–Kier alpha value is -4.22. The van der Waals surface area contributed by atoms with E-state index < -0.39 is 27.9 Å². The SMILES string of the molecule is N=C(N)NCCC[C@H](C(N)=O)N(Cc1ccc(S(N)(=O)=O)cc1)C(=O)C(c1ccccc1)c1ccccc1. The van der Waals surface area contributed by atoms with Crippen molar-refractivity contribution in [3.05, 3.63) is 102 Å². The molecule has 0 aliphatic rings. The van der Waals surface area contributed by atoms with Crippen molar-refractivity contribution < 1.29 is 18.0 Å². The maximum Gasteiger partial charge on any atom is 0.240 e. The molecule has 10 nitrogen and oxygen atoms in total. The molecule has 0 aromatic heterocycles. The minimum absolute atomic E-state index is 0.00758. The van der Waals surface area contributed by atoms with Crippen LogP contribution in [0.3, 0.4) is 0 Å². The first kappa shape index (κ1) is 28.4. The number of nitrogens with zero attached hydrogens (tertiary/aromatic N) is 1. The molecule has 0 bridgehead atoms. The quantitative estimate of drug-likeness (QED) is 0.133. The summed E-state index contributed by atoms with van der Waals surface area (Å²) in [5, 5.41) is 15.2. The van der Waals surface area contributed by atoms with Crippen LogP contribution in [0.5, 0.6) is 0 Å². The third-order valence-electron chi connectivity index (χ3n) is 6.08. The van der Waals surface area contributed by atoms with Crippen molar-refractivity contribution in [1.29, 1.82) is 5.41 Å². The van der Waals surface area contributed by atoms with Crippen molar-refractivity contribution in [3.8, 4) is 0 Å². The fourth-order valence-corrected chi connectivity index (χ4v) is 4.74. The van der Waals surface area contributed by atoms with Crippen LogP contribution in [0, 0.1) is 5.41 Å². The second kappa shape index (κ2) is 12.8. The molecule has 3 aromatic carbocycles. The first-order valence-corrected chi connectivity index (χ1v) is 13.5. The van der Waals surface area contributed by atoms with Gasteiger partial charge in [-0.1, -0.05) is 72.8 Å². The van der Waals surface area contributed by atoms with Gasteiger partial charge in [-0.15, -0.1) is 0 Å². The molecule has 0 aliphatic heterocycles. The van der Waals surface area contributed by atoms with E-state index in [1.54, 1.807) is 12.1 Å². The number of sulfonamides is 1. The molecule has 0 saturated carbocycles. The molecule has 8 N–H and O–H groups in total. The molecule has 200 valence electrons. The topological polar surface area (TPSA) is 185 Å². The van der Waals surface area contributed by atoms with Crippen molar-refractivity contribution in [3.63, 3.8) is 0 Å². The number of carbonyl (C=O) groups excluding carboxylic acids is 2. The van der Waals surface area contributed by atoms with E-state index in [0.29, 0.717) is 18.5 Å². The summed E-state index contributed by atoms with van der Waals surface area (Å²) in [4.78, 5) is 28.4. The highest BCUT2D eigenvalue weighted by Gasteiger charge is 2.34. The van der Waals surface area contributed by atoms with Crippen LogP contribution in [0.15, 0.2) is 89.8 Å². The van der Waals surface area contributed by atoms with Gasteiger partial charge < -0.3 is 21.7 Å². The molecule has 11 heteroatoms. The predicted molar refractivity (Wildman–Crippen MR) is 145 cm³/mol. The fraction of sp³-hybridized carbons (Fsp3) is 0.222. The summed E-state index contributed by atoms with van der Waals surface area (Å²) in [6.07, 6.45) is 0.648. The van der Waals surface area contributed by atoms with Crippen LogP contribution < -0.4 is 21.9 Å². The largest absolute Gasteiger partial charge is 0.370 e. The Labute approximate surface area is 222 Å². The number of nitrogens with one attached hydrogen (secondary N) is 2. The van der Waals surface area contributed by atoms with Gasteiger partial charge in [0.25, 0.3) is 0 Å². The van der Waals surface area contributed by atoms with Crippen LogP contribution in [-0.4, -0.2) is 43.7 Å². The Kier molecular flexibility index (Phi) is 9.58. The average Bonchev–Trinajstić information content (AvgIpc) is 2.88. The van der Waals surface area contributed by atoms with Crippen LogP contribution >= 0.6 is 0 Å². The molecule has 38 heavy (non-hydrogen) atoms. The number of primary sulfonamides is 1. The van der Waals surface area contributed by atoms with E-state index in [1.807, 2.05) is 60.7 Å². The van der Waals surface area contributed by atoms with E-state index >= 15 is 0 Å². The van der Waals surface area contributed by atoms with Crippen LogP contribution in [0.1, 0.15) is 35.4 Å². The Morgan fingerprint density at radius 3 is 1.84 bits per heavy atom. The van der Waals surface area contributed by atoms with Gasteiger partial charge in [-0.25, -0.2) is 13.6 Å². The number of benzene rings is 3. The number of hydrogen-bond acceptors (Lipinski definition) is 5. The van der Waals surface area contributed by atoms with Crippen LogP contribution in [-0.2, 0) is 26.2 Å². The molecule has 0 spiro atoms. The molecule has 0 fully saturated rings. The summed E-state index contributed by atoms with van der Waals surface area (Å²) in [6, 6.07) is 23.3. The normalized spacial score (nSPS) is 12.1. The van der Waals surface area contributed by atoms with E-state index in [1.165, 1.54) is 17.0 Å². The number of amides is 2. The monoisotopic (exact) mass is 536 g/mol. The van der Waals surface area contributed by atoms with Crippen molar-refractivity contribution in [1.82, 2.24) is 10.2 Å². The molecule has 0 unspecified atom stereocenters. The lowest BCUT2D eigenvalue weighted by Gasteiger charge is -2.33. The first-order valence-electron chi connectivity index (χ1n) is 12.0. The van der Waals surface area contributed by atoms with Crippen LogP contribution in [0.4, 0.5) is 0 Å². The van der Waals surface area contributed by atoms with Gasteiger partial charge in [0.15, 0.2) is 5.96 Å². The summed E-state index contributed by atoms with van der Waals surface area (Å²) in [6.45, 7) is 0.332. The highest BCUT2D eigenvalue weighted by Crippen LogP contribution is 2.29. The number of hydrogen-bond donors (Lipinski definition) is 5. The highest BCUT2D eigenvalue weighted by atomic mass is 32.2. The third kappa shape index (κ3) is 7.64. The van der Waals surface area contributed by atoms with E-state index in [4.69, 9.17) is 22.0 Å². The molecule has 0 saturated heterocycles. The Bertz CT molecular complexity index is 1310. The standard InChI is InChI=1S/C27H32N6O4S/c28-25(34)23(12-7-17-32-27(29)30)33(18-19-13-15-22(16-14-19)38(31,36)37)26(35)24(20-8-3-1-4-9-20)21-10-5-2-6-11-21/h1-6,8-11,13-16,23-24H,7,12,17-18H2,(H2,28,34)(H4,29,30,32)(H2,31,36,37)/t23-/m1/s1. The summed E-state index contributed by atoms with van der Waals surface area (Å²) < 4.78 is 23.4. The predicted octanol–water partition coefficient (Wildman–Crippen LogP) is 1.61. The zero-order valence-electron chi connectivity index (χ0n) is 20.8. The summed E-state index contributed by atoms with van der Waals surface area (Å²) in [5.41, 5.74) is 13.3. The zero-order chi connectivity index (χ0) is 27.7. The zero-order valence-corrected chi connectivity index (χ0v) is 21.6. The summed E-state index contributed by atoms with van der Waals surface area (Å²) in [5.74, 6) is -1.92. The highest BCUT2D eigenvalue weighted by molar-refractivity contribution is 7.89. The Morgan fingerprint density at radius 2 is 1.39 bits per heavy atom. The molecule has 2 amide bonds. The van der Waals surface area contributed by atoms with Gasteiger partial charge in [0, 0.05) is 13.1 Å². The van der Waals surface area contributed by atoms with Crippen LogP contribution in [0.25, 0.3) is 0 Å². The lowest BCUT2D eigenvalue weighted by atomic mass is 9.89. The van der Waals surface area contributed by atoms with Crippen molar-refractivity contribution in [2.45, 2.75) is 36.2 Å². The number of carbonyl (C=O) groups is 2. The lowest BCUT2D eigenvalue weighted by Crippen LogP contribution is -2.49. The van der Waals surface area contributed by atoms with Gasteiger partial charge in [0.05, 0.1) is 10.8 Å². The number of nitrogens with two attached hydrogens (primary N) is 3. The Morgan fingerprint density at radius 1 is 0.868 bits per heavy atom. The van der Waals surface area contributed by atoms with Gasteiger partial charge >= 0.3 is 0 Å². The lowest BCUT2D eigenvalue weighted by molar-refractivity contribution is -0.141. The van der Waals surface area contributed by atoms with Gasteiger partial charge in [-0.2, -0.15) is 0 Å². The van der Waals surface area contributed by atoms with Gasteiger partial charge in [-0.3, -0.25) is 15.0 Å². The Balaban J connectivity index is 2.03. The number of rotatable bonds is 12. The maximum absolute atomic E-state index is 14.3. The third-order valence-corrected chi connectivity index (χ3v) is 7.00. The van der Waals surface area contributed by atoms with Gasteiger partial charge in [0.2, 0.25) is 21.8 Å². The fourth-order valence-electron chi connectivity index (χ4n) is 4.23. The molecule has 1 atom stereocenters. The molecule has 0 radical (unpaired) electrons. The van der Waals surface area contributed by atoms with E-state index in [9.17, 15) is 18.0 Å². The van der Waals surface area contributed by atoms with E-state index in [2.05, 4.69) is 5.32 Å². The van der Waals surface area contributed by atoms with Crippen molar-refractivity contribution >= 4 is 27.8 Å². The van der Waals surface area contributed by atoms with E-state index in [-0.39, 0.29) is 29.7 Å². The average molecular weight is 537 g/mol. The molecule has 3 aromatic rings. The molecule has 0 heterocycles. The van der Waals surface area contributed by atoms with E-state index in [0.717, 1.165) is 11.1 Å². The van der Waals surface area contributed by atoms with Gasteiger partial charge in [-0.05, 0) is 41.7 Å². The van der Waals surface area contributed by atoms with Crippen molar-refractivity contribution in [2.24, 2.45) is 16.6 Å². The maximum atomic E-state index is 14.3. The van der Waals surface area contributed by atoms with Crippen LogP contribution in [0.2, 0.25) is 0 Å². The second-order valence-corrected chi connectivity index (χ2v) is 10.4.